The van der Waals surface area contributed by atoms with Crippen molar-refractivity contribution in [3.05, 3.63) is 23.8 Å². The van der Waals surface area contributed by atoms with Crippen LogP contribution in [0.5, 0.6) is 11.5 Å². The number of phenols is 1. The summed E-state index contributed by atoms with van der Waals surface area (Å²) in [4.78, 5) is 2.14. The van der Waals surface area contributed by atoms with Crippen LogP contribution < -0.4 is 4.74 Å². The Morgan fingerprint density at radius 2 is 2.19 bits per heavy atom. The fourth-order valence-corrected chi connectivity index (χ4v) is 1.29. The minimum atomic E-state index is 0.188. The number of nitrogens with zero attached hydrogens (tertiary/aromatic N) is 1. The van der Waals surface area contributed by atoms with E-state index < -0.39 is 0 Å². The molecule has 1 aliphatic rings. The molecule has 0 spiro atoms. The van der Waals surface area contributed by atoms with Gasteiger partial charge < -0.3 is 14.6 Å². The minimum Gasteiger partial charge on any atom is -0.504 e. The molecule has 0 amide bonds. The van der Waals surface area contributed by atoms with Crippen LogP contribution in [-0.2, 0) is 4.74 Å². The molecule has 1 aliphatic heterocycles. The predicted octanol–water partition coefficient (Wildman–Crippen LogP) is 1.62. The highest BCUT2D eigenvalue weighted by molar-refractivity contribution is 5.41. The Morgan fingerprint density at radius 1 is 1.44 bits per heavy atom. The van der Waals surface area contributed by atoms with E-state index in [0.29, 0.717) is 5.75 Å². The lowest BCUT2D eigenvalue weighted by atomic mass is 10.2. The monoisotopic (exact) mass is 225 g/mol. The molecule has 2 rings (SSSR count). The molecule has 4 nitrogen and oxygen atoms in total. The van der Waals surface area contributed by atoms with Gasteiger partial charge in [0.2, 0.25) is 0 Å². The minimum absolute atomic E-state index is 0.188. The van der Waals surface area contributed by atoms with Crippen molar-refractivity contribution >= 4 is 0 Å². The van der Waals surface area contributed by atoms with Crippen LogP contribution in [-0.4, -0.2) is 44.0 Å². The molecule has 0 aliphatic carbocycles. The highest BCUT2D eigenvalue weighted by atomic mass is 16.5. The van der Waals surface area contributed by atoms with Crippen LogP contribution in [0.4, 0.5) is 0 Å². The van der Waals surface area contributed by atoms with E-state index in [1.165, 1.54) is 7.11 Å². The van der Waals surface area contributed by atoms with Crippen LogP contribution in [0, 0.1) is 6.92 Å². The van der Waals surface area contributed by atoms with Gasteiger partial charge in [0.25, 0.3) is 0 Å². The maximum Gasteiger partial charge on any atom is 0.160 e. The zero-order chi connectivity index (χ0) is 12.0. The lowest BCUT2D eigenvalue weighted by Gasteiger charge is -2.02. The van der Waals surface area contributed by atoms with Crippen molar-refractivity contribution in [1.82, 2.24) is 4.90 Å². The third kappa shape index (κ3) is 4.08. The molecule has 0 radical (unpaired) electrons. The normalized spacial score (nSPS) is 15.4. The van der Waals surface area contributed by atoms with Gasteiger partial charge in [-0.05, 0) is 31.7 Å². The first-order chi connectivity index (χ1) is 7.63. The molecular weight excluding hydrogens is 206 g/mol. The number of rotatable bonds is 1. The van der Waals surface area contributed by atoms with Crippen LogP contribution in [0.2, 0.25) is 0 Å². The molecule has 0 unspecified atom stereocenters. The summed E-state index contributed by atoms with van der Waals surface area (Å²) in [7, 11) is 3.58. The SMILES string of the molecule is CN1CCOC1.COc1cc(C)ccc1O. The van der Waals surface area contributed by atoms with Crippen molar-refractivity contribution in [2.45, 2.75) is 6.92 Å². The van der Waals surface area contributed by atoms with Crippen LogP contribution in [0.25, 0.3) is 0 Å². The highest BCUT2D eigenvalue weighted by Gasteiger charge is 2.03. The lowest BCUT2D eigenvalue weighted by molar-refractivity contribution is 0.154. The number of likely N-dealkylation sites (N-methyl/N-ethyl adjacent to an activating group) is 1. The fourth-order valence-electron chi connectivity index (χ4n) is 1.29. The first-order valence-electron chi connectivity index (χ1n) is 5.23. The van der Waals surface area contributed by atoms with Crippen LogP contribution in [0.15, 0.2) is 18.2 Å². The number of aromatic hydroxyl groups is 1. The molecule has 4 heteroatoms. The molecule has 0 atom stereocenters. The molecular formula is C12H19NO3. The summed E-state index contributed by atoms with van der Waals surface area (Å²) in [5, 5.41) is 9.11. The Morgan fingerprint density at radius 3 is 2.56 bits per heavy atom. The topological polar surface area (TPSA) is 41.9 Å². The molecule has 90 valence electrons. The second-order valence-electron chi connectivity index (χ2n) is 3.79. The number of hydrogen-bond donors (Lipinski definition) is 1. The Kier molecular flexibility index (Phi) is 5.08. The number of methoxy groups -OCH3 is 1. The highest BCUT2D eigenvalue weighted by Crippen LogP contribution is 2.25. The van der Waals surface area contributed by atoms with E-state index >= 15 is 0 Å². The third-order valence-corrected chi connectivity index (χ3v) is 2.26. The Bertz CT molecular complexity index is 322. The van der Waals surface area contributed by atoms with Crippen molar-refractivity contribution < 1.29 is 14.6 Å². The number of aryl methyl sites for hydroxylation is 1. The molecule has 1 aromatic rings. The summed E-state index contributed by atoms with van der Waals surface area (Å²) in [6, 6.07) is 5.24. The number of benzene rings is 1. The second-order valence-corrected chi connectivity index (χ2v) is 3.79. The maximum absolute atomic E-state index is 9.11. The number of ether oxygens (including phenoxy) is 2. The second kappa shape index (κ2) is 6.35. The molecule has 0 bridgehead atoms. The lowest BCUT2D eigenvalue weighted by Crippen LogP contribution is -2.11. The average molecular weight is 225 g/mol. The standard InChI is InChI=1S/C8H10O2.C4H9NO/c1-6-3-4-7(9)8(5-6)10-2;1-5-2-3-6-4-5/h3-5,9H,1-2H3;2-4H2,1H3. The van der Waals surface area contributed by atoms with Gasteiger partial charge >= 0.3 is 0 Å². The Hall–Kier alpha value is -1.26. The summed E-state index contributed by atoms with van der Waals surface area (Å²) in [5.41, 5.74) is 1.08. The summed E-state index contributed by atoms with van der Waals surface area (Å²) < 4.78 is 9.86. The van der Waals surface area contributed by atoms with E-state index in [-0.39, 0.29) is 5.75 Å². The quantitative estimate of drug-likeness (QED) is 0.788. The smallest absolute Gasteiger partial charge is 0.160 e. The van der Waals surface area contributed by atoms with Gasteiger partial charge in [0, 0.05) is 6.54 Å². The molecule has 1 N–H and O–H groups in total. The first kappa shape index (κ1) is 12.8. The molecule has 0 saturated carbocycles. The van der Waals surface area contributed by atoms with Gasteiger partial charge in [-0.15, -0.1) is 0 Å². The van der Waals surface area contributed by atoms with Crippen LogP contribution in [0.1, 0.15) is 5.56 Å². The zero-order valence-corrected chi connectivity index (χ0v) is 10.1. The zero-order valence-electron chi connectivity index (χ0n) is 10.1. The van der Waals surface area contributed by atoms with E-state index in [1.54, 1.807) is 12.1 Å². The van der Waals surface area contributed by atoms with Crippen molar-refractivity contribution in [2.24, 2.45) is 0 Å². The molecule has 1 heterocycles. The van der Waals surface area contributed by atoms with E-state index in [4.69, 9.17) is 14.6 Å². The maximum atomic E-state index is 9.11. The number of phenolic OH excluding ortho intramolecular Hbond substituents is 1. The predicted molar refractivity (Wildman–Crippen MR) is 62.8 cm³/mol. The van der Waals surface area contributed by atoms with Crippen molar-refractivity contribution in [2.75, 3.05) is 34.0 Å². The van der Waals surface area contributed by atoms with Crippen molar-refractivity contribution in [3.8, 4) is 11.5 Å². The molecule has 0 aromatic heterocycles. The summed E-state index contributed by atoms with van der Waals surface area (Å²) >= 11 is 0. The average Bonchev–Trinajstić information content (AvgIpc) is 2.74. The molecule has 1 fully saturated rings. The van der Waals surface area contributed by atoms with E-state index in [9.17, 15) is 0 Å². The van der Waals surface area contributed by atoms with Gasteiger partial charge in [-0.3, -0.25) is 4.90 Å². The van der Waals surface area contributed by atoms with E-state index in [0.717, 1.165) is 25.4 Å². The van der Waals surface area contributed by atoms with Crippen molar-refractivity contribution in [1.29, 1.82) is 0 Å². The third-order valence-electron chi connectivity index (χ3n) is 2.26. The first-order valence-corrected chi connectivity index (χ1v) is 5.23. The molecule has 1 saturated heterocycles. The number of hydrogen-bond acceptors (Lipinski definition) is 4. The molecule has 16 heavy (non-hydrogen) atoms. The molecule has 1 aromatic carbocycles. The largest absolute Gasteiger partial charge is 0.504 e. The van der Waals surface area contributed by atoms with Gasteiger partial charge in [-0.1, -0.05) is 6.07 Å². The summed E-state index contributed by atoms with van der Waals surface area (Å²) in [6.45, 7) is 4.78. The Labute approximate surface area is 96.4 Å². The van der Waals surface area contributed by atoms with Gasteiger partial charge in [-0.2, -0.15) is 0 Å². The van der Waals surface area contributed by atoms with Gasteiger partial charge in [-0.25, -0.2) is 0 Å². The van der Waals surface area contributed by atoms with Crippen LogP contribution in [0.3, 0.4) is 0 Å². The van der Waals surface area contributed by atoms with Gasteiger partial charge in [0.05, 0.1) is 20.4 Å². The van der Waals surface area contributed by atoms with Gasteiger partial charge in [0.1, 0.15) is 0 Å². The van der Waals surface area contributed by atoms with Crippen molar-refractivity contribution in [3.63, 3.8) is 0 Å². The summed E-state index contributed by atoms with van der Waals surface area (Å²) in [5.74, 6) is 0.716. The van der Waals surface area contributed by atoms with Gasteiger partial charge in [0.15, 0.2) is 11.5 Å². The van der Waals surface area contributed by atoms with E-state index in [1.807, 2.05) is 20.0 Å². The fraction of sp³-hybridized carbons (Fsp3) is 0.500. The van der Waals surface area contributed by atoms with Crippen LogP contribution >= 0.6 is 0 Å². The summed E-state index contributed by atoms with van der Waals surface area (Å²) in [6.07, 6.45) is 0. The Balaban J connectivity index is 0.000000181. The van der Waals surface area contributed by atoms with E-state index in [2.05, 4.69) is 4.90 Å².